The SMILES string of the molecule is CC1CCN(SI)c2cnc(Cl)cc21. The van der Waals surface area contributed by atoms with Gasteiger partial charge in [0.1, 0.15) is 5.15 Å². The molecular weight excluding hydrogens is 331 g/mol. The van der Waals surface area contributed by atoms with Crippen LogP contribution in [0.2, 0.25) is 5.15 Å². The van der Waals surface area contributed by atoms with Crippen molar-refractivity contribution in [3.05, 3.63) is 23.0 Å². The molecule has 0 aromatic carbocycles. The van der Waals surface area contributed by atoms with E-state index in [0.29, 0.717) is 11.1 Å². The van der Waals surface area contributed by atoms with Crippen LogP contribution in [-0.4, -0.2) is 11.5 Å². The Bertz CT molecular complexity index is 348. The van der Waals surface area contributed by atoms with Gasteiger partial charge in [-0.05, 0) is 24.0 Å². The second-order valence-corrected chi connectivity index (χ2v) is 5.57. The fourth-order valence-corrected chi connectivity index (χ4v) is 3.49. The van der Waals surface area contributed by atoms with Crippen LogP contribution in [0.25, 0.3) is 0 Å². The van der Waals surface area contributed by atoms with E-state index in [2.05, 4.69) is 37.4 Å². The summed E-state index contributed by atoms with van der Waals surface area (Å²) in [6.07, 6.45) is 3.06. The van der Waals surface area contributed by atoms with E-state index < -0.39 is 0 Å². The maximum atomic E-state index is 5.89. The first-order chi connectivity index (χ1) is 6.72. The molecule has 5 heteroatoms. The third kappa shape index (κ3) is 1.97. The number of anilines is 1. The summed E-state index contributed by atoms with van der Waals surface area (Å²) in [5.74, 6) is 0.588. The van der Waals surface area contributed by atoms with Crippen LogP contribution in [0.1, 0.15) is 24.8 Å². The lowest BCUT2D eigenvalue weighted by molar-refractivity contribution is 0.663. The summed E-state index contributed by atoms with van der Waals surface area (Å²) < 4.78 is 2.26. The van der Waals surface area contributed by atoms with Crippen LogP contribution < -0.4 is 4.31 Å². The Morgan fingerprint density at radius 1 is 1.71 bits per heavy atom. The van der Waals surface area contributed by atoms with Crippen molar-refractivity contribution in [2.75, 3.05) is 10.8 Å². The predicted molar refractivity (Wildman–Crippen MR) is 71.2 cm³/mol. The van der Waals surface area contributed by atoms with E-state index in [9.17, 15) is 0 Å². The Morgan fingerprint density at radius 2 is 2.50 bits per heavy atom. The summed E-state index contributed by atoms with van der Waals surface area (Å²) in [5.41, 5.74) is 2.54. The van der Waals surface area contributed by atoms with E-state index in [1.165, 1.54) is 17.7 Å². The van der Waals surface area contributed by atoms with Crippen LogP contribution in [0.3, 0.4) is 0 Å². The largest absolute Gasteiger partial charge is 0.306 e. The highest BCUT2D eigenvalue weighted by atomic mass is 127. The molecule has 76 valence electrons. The average Bonchev–Trinajstić information content (AvgIpc) is 2.19. The number of aromatic nitrogens is 1. The van der Waals surface area contributed by atoms with E-state index in [-0.39, 0.29) is 0 Å². The van der Waals surface area contributed by atoms with Crippen LogP contribution in [0.15, 0.2) is 12.3 Å². The first-order valence-corrected chi connectivity index (χ1v) is 8.13. The molecule has 0 amide bonds. The van der Waals surface area contributed by atoms with Gasteiger partial charge in [0.15, 0.2) is 0 Å². The highest BCUT2D eigenvalue weighted by Crippen LogP contribution is 2.40. The van der Waals surface area contributed by atoms with Crippen molar-refractivity contribution in [1.29, 1.82) is 0 Å². The van der Waals surface area contributed by atoms with Crippen molar-refractivity contribution in [1.82, 2.24) is 4.98 Å². The van der Waals surface area contributed by atoms with E-state index >= 15 is 0 Å². The summed E-state index contributed by atoms with van der Waals surface area (Å²) in [5, 5.41) is 0.593. The number of hydrogen-bond acceptors (Lipinski definition) is 3. The Hall–Kier alpha value is 0.320. The van der Waals surface area contributed by atoms with E-state index in [1.54, 1.807) is 9.12 Å². The Balaban J connectivity index is 2.45. The Kier molecular flexibility index (Phi) is 3.44. The molecule has 2 nitrogen and oxygen atoms in total. The number of rotatable bonds is 1. The van der Waals surface area contributed by atoms with Gasteiger partial charge in [0.25, 0.3) is 0 Å². The lowest BCUT2D eigenvalue weighted by Gasteiger charge is -2.31. The van der Waals surface area contributed by atoms with Crippen molar-refractivity contribution < 1.29 is 0 Å². The zero-order valence-corrected chi connectivity index (χ0v) is 11.4. The lowest BCUT2D eigenvalue weighted by atomic mass is 9.94. The second-order valence-electron chi connectivity index (χ2n) is 3.43. The van der Waals surface area contributed by atoms with Crippen LogP contribution >= 0.6 is 41.9 Å². The van der Waals surface area contributed by atoms with Crippen molar-refractivity contribution in [2.45, 2.75) is 19.3 Å². The van der Waals surface area contributed by atoms with Crippen molar-refractivity contribution in [3.8, 4) is 0 Å². The molecule has 0 saturated carbocycles. The third-order valence-electron chi connectivity index (χ3n) is 2.53. The molecule has 0 aliphatic carbocycles. The van der Waals surface area contributed by atoms with Crippen LogP contribution in [-0.2, 0) is 0 Å². The average molecular weight is 341 g/mol. The molecule has 1 atom stereocenters. The molecule has 0 N–H and O–H groups in total. The van der Waals surface area contributed by atoms with Crippen molar-refractivity contribution in [2.24, 2.45) is 0 Å². The van der Waals surface area contributed by atoms with Gasteiger partial charge >= 0.3 is 0 Å². The molecule has 2 heterocycles. The van der Waals surface area contributed by atoms with Gasteiger partial charge in [0, 0.05) is 36.9 Å². The van der Waals surface area contributed by atoms with Crippen LogP contribution in [0.4, 0.5) is 5.69 Å². The Labute approximate surface area is 105 Å². The summed E-state index contributed by atoms with van der Waals surface area (Å²) in [6, 6.07) is 1.99. The van der Waals surface area contributed by atoms with Gasteiger partial charge < -0.3 is 4.31 Å². The van der Waals surface area contributed by atoms with E-state index in [1.807, 2.05) is 12.3 Å². The second kappa shape index (κ2) is 4.45. The van der Waals surface area contributed by atoms with Gasteiger partial charge in [-0.25, -0.2) is 4.98 Å². The summed E-state index contributed by atoms with van der Waals surface area (Å²) in [7, 11) is 1.72. The summed E-state index contributed by atoms with van der Waals surface area (Å²) in [4.78, 5) is 4.13. The van der Waals surface area contributed by atoms with Gasteiger partial charge in [-0.15, -0.1) is 0 Å². The van der Waals surface area contributed by atoms with E-state index in [0.717, 1.165) is 6.54 Å². The van der Waals surface area contributed by atoms with Crippen molar-refractivity contribution in [3.63, 3.8) is 0 Å². The lowest BCUT2D eigenvalue weighted by Crippen LogP contribution is -2.23. The molecular formula is C9H10ClIN2S. The first-order valence-electron chi connectivity index (χ1n) is 4.44. The number of hydrogen-bond donors (Lipinski definition) is 0. The number of fused-ring (bicyclic) bond motifs is 1. The monoisotopic (exact) mass is 340 g/mol. The normalized spacial score (nSPS) is 20.8. The highest BCUT2D eigenvalue weighted by molar-refractivity contribution is 14.2. The predicted octanol–water partition coefficient (Wildman–Crippen LogP) is 4.05. The number of halogens is 2. The van der Waals surface area contributed by atoms with Gasteiger partial charge in [0.2, 0.25) is 0 Å². The van der Waals surface area contributed by atoms with Gasteiger partial charge in [-0.1, -0.05) is 18.5 Å². The summed E-state index contributed by atoms with van der Waals surface area (Å²) in [6.45, 7) is 3.33. The van der Waals surface area contributed by atoms with Gasteiger partial charge in [-0.3, -0.25) is 0 Å². The molecule has 0 saturated heterocycles. The molecule has 1 unspecified atom stereocenters. The minimum atomic E-state index is 0.588. The molecule has 14 heavy (non-hydrogen) atoms. The highest BCUT2D eigenvalue weighted by Gasteiger charge is 2.22. The van der Waals surface area contributed by atoms with E-state index in [4.69, 9.17) is 11.6 Å². The zero-order chi connectivity index (χ0) is 10.1. The number of nitrogens with zero attached hydrogens (tertiary/aromatic N) is 2. The molecule has 2 rings (SSSR count). The fourth-order valence-electron chi connectivity index (χ4n) is 1.70. The quantitative estimate of drug-likeness (QED) is 0.436. The third-order valence-corrected chi connectivity index (χ3v) is 4.71. The molecule has 1 aliphatic heterocycles. The van der Waals surface area contributed by atoms with Crippen LogP contribution in [0.5, 0.6) is 0 Å². The van der Waals surface area contributed by atoms with Gasteiger partial charge in [-0.2, -0.15) is 0 Å². The number of pyridine rings is 1. The summed E-state index contributed by atoms with van der Waals surface area (Å²) >= 11 is 8.20. The smallest absolute Gasteiger partial charge is 0.129 e. The maximum absolute atomic E-state index is 5.89. The topological polar surface area (TPSA) is 16.1 Å². The fraction of sp³-hybridized carbons (Fsp3) is 0.444. The minimum Gasteiger partial charge on any atom is -0.306 e. The zero-order valence-electron chi connectivity index (χ0n) is 7.70. The Morgan fingerprint density at radius 3 is 3.21 bits per heavy atom. The molecule has 1 aromatic rings. The molecule has 0 spiro atoms. The maximum Gasteiger partial charge on any atom is 0.129 e. The standard InChI is InChI=1S/C9H10ClIN2S/c1-6-2-3-13(14-11)8-5-12-9(10)4-7(6)8/h4-6H,2-3H2,1H3. The first kappa shape index (κ1) is 10.8. The molecule has 1 aromatic heterocycles. The van der Waals surface area contributed by atoms with Crippen molar-refractivity contribution >= 4 is 47.6 Å². The molecule has 0 fully saturated rings. The minimum absolute atomic E-state index is 0.588. The molecule has 0 bridgehead atoms. The van der Waals surface area contributed by atoms with Crippen LogP contribution in [0, 0.1) is 0 Å². The molecule has 1 aliphatic rings. The molecule has 0 radical (unpaired) electrons. The van der Waals surface area contributed by atoms with Gasteiger partial charge in [0.05, 0.1) is 11.9 Å².